The number of hydrogen-bond acceptors (Lipinski definition) is 1. The smallest absolute Gasteiger partial charge is 0.152 e. The first-order chi connectivity index (χ1) is 11.1. The molecule has 2 heteroatoms. The van der Waals surface area contributed by atoms with Crippen LogP contribution in [0.25, 0.3) is 28.7 Å². The van der Waals surface area contributed by atoms with Crippen LogP contribution < -0.4 is 4.74 Å². The van der Waals surface area contributed by atoms with Gasteiger partial charge in [-0.05, 0) is 24.3 Å². The molecule has 0 amide bonds. The van der Waals surface area contributed by atoms with Crippen LogP contribution in [0.2, 0.25) is 0 Å². The molecule has 1 aromatic heterocycles. The summed E-state index contributed by atoms with van der Waals surface area (Å²) in [6.07, 6.45) is 9.05. The van der Waals surface area contributed by atoms with Gasteiger partial charge in [-0.1, -0.05) is 56.3 Å². The third-order valence-electron chi connectivity index (χ3n) is 4.71. The molecule has 5 rings (SSSR count). The zero-order chi connectivity index (χ0) is 15.6. The lowest BCUT2D eigenvalue weighted by atomic mass is 9.93. The van der Waals surface area contributed by atoms with Crippen molar-refractivity contribution in [3.63, 3.8) is 0 Å². The Morgan fingerprint density at radius 2 is 1.65 bits per heavy atom. The van der Waals surface area contributed by atoms with E-state index in [0.29, 0.717) is 0 Å². The number of allylic oxidation sites excluding steroid dienone is 2. The summed E-state index contributed by atoms with van der Waals surface area (Å²) in [5, 5.41) is 1.24. The van der Waals surface area contributed by atoms with Crippen molar-refractivity contribution in [1.82, 2.24) is 4.57 Å². The van der Waals surface area contributed by atoms with E-state index in [1.54, 1.807) is 0 Å². The standard InChI is InChI=1S/C21H17NO/c1-21(2)12-10-14-15-6-5-9-19-20(15)22(16(14)11-13-21)17-7-3-4-8-18(17)23-19/h3-13H,1-2H3. The Morgan fingerprint density at radius 1 is 0.870 bits per heavy atom. The third-order valence-corrected chi connectivity index (χ3v) is 4.71. The van der Waals surface area contributed by atoms with Crippen LogP contribution in [-0.4, -0.2) is 4.57 Å². The van der Waals surface area contributed by atoms with Crippen LogP contribution in [0.1, 0.15) is 25.1 Å². The Balaban J connectivity index is 1.96. The van der Waals surface area contributed by atoms with Gasteiger partial charge in [0, 0.05) is 16.4 Å². The van der Waals surface area contributed by atoms with Gasteiger partial charge in [-0.15, -0.1) is 0 Å². The maximum absolute atomic E-state index is 6.13. The summed E-state index contributed by atoms with van der Waals surface area (Å²) < 4.78 is 8.46. The molecule has 0 unspecified atom stereocenters. The minimum Gasteiger partial charge on any atom is -0.453 e. The van der Waals surface area contributed by atoms with Crippen molar-refractivity contribution < 1.29 is 4.74 Å². The van der Waals surface area contributed by atoms with Gasteiger partial charge in [-0.2, -0.15) is 0 Å². The Morgan fingerprint density at radius 3 is 2.57 bits per heavy atom. The molecule has 2 nitrogen and oxygen atoms in total. The van der Waals surface area contributed by atoms with Crippen LogP contribution in [0.5, 0.6) is 11.5 Å². The minimum atomic E-state index is 0.0634. The predicted octanol–water partition coefficient (Wildman–Crippen LogP) is 5.80. The van der Waals surface area contributed by atoms with Crippen molar-refractivity contribution in [2.45, 2.75) is 13.8 Å². The first-order valence-electron chi connectivity index (χ1n) is 7.97. The number of para-hydroxylation sites is 3. The Labute approximate surface area is 135 Å². The van der Waals surface area contributed by atoms with Crippen molar-refractivity contribution in [1.29, 1.82) is 0 Å². The molecule has 3 aromatic rings. The van der Waals surface area contributed by atoms with E-state index in [1.165, 1.54) is 16.6 Å². The molecule has 0 fully saturated rings. The monoisotopic (exact) mass is 299 g/mol. The number of rotatable bonds is 0. The van der Waals surface area contributed by atoms with Crippen LogP contribution in [0, 0.1) is 5.41 Å². The highest BCUT2D eigenvalue weighted by Crippen LogP contribution is 2.45. The molecule has 0 saturated heterocycles. The number of ether oxygens (including phenoxy) is 1. The largest absolute Gasteiger partial charge is 0.453 e. The van der Waals surface area contributed by atoms with Gasteiger partial charge < -0.3 is 9.30 Å². The molecule has 112 valence electrons. The molecule has 1 aliphatic heterocycles. The SMILES string of the molecule is CC1(C)C=Cc2c(n3c4c(cccc24)Oc2ccccc2-3)C=C1. The second kappa shape index (κ2) is 4.17. The summed E-state index contributed by atoms with van der Waals surface area (Å²) in [7, 11) is 0. The van der Waals surface area contributed by atoms with Crippen molar-refractivity contribution in [2.75, 3.05) is 0 Å². The Bertz CT molecular complexity index is 1020. The molecule has 23 heavy (non-hydrogen) atoms. The van der Waals surface area contributed by atoms with E-state index in [1.807, 2.05) is 18.2 Å². The highest BCUT2D eigenvalue weighted by Gasteiger charge is 2.26. The van der Waals surface area contributed by atoms with E-state index in [-0.39, 0.29) is 5.41 Å². The molecule has 0 spiro atoms. The molecule has 0 bridgehead atoms. The van der Waals surface area contributed by atoms with Crippen molar-refractivity contribution in [3.05, 3.63) is 65.9 Å². The van der Waals surface area contributed by atoms with Crippen LogP contribution >= 0.6 is 0 Å². The van der Waals surface area contributed by atoms with Crippen molar-refractivity contribution >= 4 is 23.1 Å². The summed E-state index contributed by atoms with van der Waals surface area (Å²) in [5.74, 6) is 1.84. The van der Waals surface area contributed by atoms with Gasteiger partial charge in [0.1, 0.15) is 0 Å². The van der Waals surface area contributed by atoms with Gasteiger partial charge in [0.15, 0.2) is 11.5 Å². The molecule has 0 atom stereocenters. The summed E-state index contributed by atoms with van der Waals surface area (Å²) >= 11 is 0. The number of nitrogens with zero attached hydrogens (tertiary/aromatic N) is 1. The Hall–Kier alpha value is -2.74. The fourth-order valence-electron chi connectivity index (χ4n) is 3.52. The summed E-state index contributed by atoms with van der Waals surface area (Å²) in [6.45, 7) is 4.46. The summed E-state index contributed by atoms with van der Waals surface area (Å²) in [6, 6.07) is 14.5. The molecule has 1 aliphatic carbocycles. The predicted molar refractivity (Wildman–Crippen MR) is 95.2 cm³/mol. The molecule has 0 N–H and O–H groups in total. The number of benzene rings is 2. The van der Waals surface area contributed by atoms with E-state index in [0.717, 1.165) is 22.7 Å². The number of aromatic nitrogens is 1. The van der Waals surface area contributed by atoms with Crippen molar-refractivity contribution in [2.24, 2.45) is 5.41 Å². The lowest BCUT2D eigenvalue weighted by molar-refractivity contribution is 0.475. The average Bonchev–Trinajstić information content (AvgIpc) is 2.78. The third kappa shape index (κ3) is 1.69. The number of hydrogen-bond donors (Lipinski definition) is 0. The van der Waals surface area contributed by atoms with Crippen LogP contribution in [0.3, 0.4) is 0 Å². The second-order valence-corrected chi connectivity index (χ2v) is 6.84. The summed E-state index contributed by atoms with van der Waals surface area (Å²) in [5.41, 5.74) is 4.82. The topological polar surface area (TPSA) is 14.2 Å². The summed E-state index contributed by atoms with van der Waals surface area (Å²) in [4.78, 5) is 0. The second-order valence-electron chi connectivity index (χ2n) is 6.84. The normalized spacial score (nSPS) is 16.6. The molecule has 2 aromatic carbocycles. The van der Waals surface area contributed by atoms with E-state index in [2.05, 4.69) is 67.0 Å². The van der Waals surface area contributed by atoms with E-state index >= 15 is 0 Å². The average molecular weight is 299 g/mol. The fraction of sp³-hybridized carbons (Fsp3) is 0.143. The van der Waals surface area contributed by atoms with Gasteiger partial charge in [-0.3, -0.25) is 0 Å². The molecule has 0 radical (unpaired) electrons. The molecule has 2 heterocycles. The zero-order valence-electron chi connectivity index (χ0n) is 13.2. The molecule has 0 saturated carbocycles. The lowest BCUT2D eigenvalue weighted by Crippen LogP contribution is -2.05. The fourth-order valence-corrected chi connectivity index (χ4v) is 3.52. The maximum atomic E-state index is 6.13. The van der Waals surface area contributed by atoms with Crippen molar-refractivity contribution in [3.8, 4) is 17.2 Å². The van der Waals surface area contributed by atoms with Gasteiger partial charge in [-0.25, -0.2) is 0 Å². The van der Waals surface area contributed by atoms with E-state index in [4.69, 9.17) is 4.74 Å². The van der Waals surface area contributed by atoms with Crippen LogP contribution in [-0.2, 0) is 0 Å². The van der Waals surface area contributed by atoms with E-state index < -0.39 is 0 Å². The highest BCUT2D eigenvalue weighted by atomic mass is 16.5. The number of fused-ring (bicyclic) bond motifs is 5. The van der Waals surface area contributed by atoms with Crippen LogP contribution in [0.4, 0.5) is 0 Å². The lowest BCUT2D eigenvalue weighted by Gasteiger charge is -2.21. The first kappa shape index (κ1) is 12.8. The molecular formula is C21H17NO. The van der Waals surface area contributed by atoms with Gasteiger partial charge in [0.25, 0.3) is 0 Å². The first-order valence-corrected chi connectivity index (χ1v) is 7.97. The Kier molecular flexibility index (Phi) is 2.31. The zero-order valence-corrected chi connectivity index (χ0v) is 13.2. The van der Waals surface area contributed by atoms with Crippen LogP contribution in [0.15, 0.2) is 54.6 Å². The minimum absolute atomic E-state index is 0.0634. The maximum Gasteiger partial charge on any atom is 0.152 e. The molecular weight excluding hydrogens is 282 g/mol. The quantitative estimate of drug-likeness (QED) is 0.400. The highest BCUT2D eigenvalue weighted by molar-refractivity contribution is 6.00. The molecule has 2 aliphatic rings. The van der Waals surface area contributed by atoms with Gasteiger partial charge in [0.05, 0.1) is 16.9 Å². The van der Waals surface area contributed by atoms with Gasteiger partial charge >= 0.3 is 0 Å². The van der Waals surface area contributed by atoms with E-state index in [9.17, 15) is 0 Å². The van der Waals surface area contributed by atoms with Gasteiger partial charge in [0.2, 0.25) is 0 Å².